The molecule has 1 aliphatic rings. The summed E-state index contributed by atoms with van der Waals surface area (Å²) in [5, 5.41) is 11.4. The van der Waals surface area contributed by atoms with Crippen molar-refractivity contribution in [3.05, 3.63) is 60.0 Å². The van der Waals surface area contributed by atoms with E-state index in [-0.39, 0.29) is 23.3 Å². The molecule has 1 amide bonds. The highest BCUT2D eigenvalue weighted by molar-refractivity contribution is 5.78. The molecule has 6 nitrogen and oxygen atoms in total. The van der Waals surface area contributed by atoms with Crippen LogP contribution in [0.15, 0.2) is 48.9 Å². The smallest absolute Gasteiger partial charge is 0.220 e. The molecular formula is C24H31N5O. The number of carbonyl (C=O) groups is 1. The number of carbonyl (C=O) groups excluding carboxylic acids is 1. The zero-order valence-electron chi connectivity index (χ0n) is 18.1. The van der Waals surface area contributed by atoms with Crippen LogP contribution in [-0.4, -0.2) is 52.7 Å². The summed E-state index contributed by atoms with van der Waals surface area (Å²) in [6.07, 6.45) is 9.30. The molecule has 1 aromatic carbocycles. The summed E-state index contributed by atoms with van der Waals surface area (Å²) in [7, 11) is 4.13. The first-order valence-corrected chi connectivity index (χ1v) is 10.7. The Balaban J connectivity index is 1.37. The lowest BCUT2D eigenvalue weighted by molar-refractivity contribution is -0.122. The normalized spacial score (nSPS) is 17.1. The van der Waals surface area contributed by atoms with Gasteiger partial charge in [-0.25, -0.2) is 0 Å². The number of aromatic nitrogens is 3. The lowest BCUT2D eigenvalue weighted by atomic mass is 9.82. The summed E-state index contributed by atoms with van der Waals surface area (Å²) < 4.78 is 0. The molecule has 4 rings (SSSR count). The first-order chi connectivity index (χ1) is 14.4. The van der Waals surface area contributed by atoms with Gasteiger partial charge in [0.05, 0.1) is 11.7 Å². The van der Waals surface area contributed by atoms with E-state index in [2.05, 4.69) is 70.7 Å². The third-order valence-electron chi connectivity index (χ3n) is 6.60. The predicted octanol–water partition coefficient (Wildman–Crippen LogP) is 3.52. The maximum atomic E-state index is 12.9. The SMILES string of the molecule is CN(C)[C@H](CNC(=O)C[C@@H](c1cccnc1)C1(C)CC1)Cc1ccc2[nH]ncc2c1. The van der Waals surface area contributed by atoms with Crippen LogP contribution in [0.1, 0.15) is 43.2 Å². The van der Waals surface area contributed by atoms with Gasteiger partial charge in [-0.2, -0.15) is 5.10 Å². The second-order valence-corrected chi connectivity index (χ2v) is 9.11. The third kappa shape index (κ3) is 4.70. The monoisotopic (exact) mass is 405 g/mol. The maximum absolute atomic E-state index is 12.9. The van der Waals surface area contributed by atoms with Crippen LogP contribution in [-0.2, 0) is 11.2 Å². The number of rotatable bonds is 9. The minimum absolute atomic E-state index is 0.120. The Bertz CT molecular complexity index is 993. The van der Waals surface area contributed by atoms with Gasteiger partial charge >= 0.3 is 0 Å². The van der Waals surface area contributed by atoms with Crippen LogP contribution in [0.5, 0.6) is 0 Å². The summed E-state index contributed by atoms with van der Waals surface area (Å²) in [6.45, 7) is 2.91. The fourth-order valence-electron chi connectivity index (χ4n) is 4.21. The summed E-state index contributed by atoms with van der Waals surface area (Å²) in [6, 6.07) is 10.7. The van der Waals surface area contributed by atoms with Crippen molar-refractivity contribution in [1.29, 1.82) is 0 Å². The van der Waals surface area contributed by atoms with Crippen molar-refractivity contribution < 1.29 is 4.79 Å². The molecule has 0 saturated heterocycles. The van der Waals surface area contributed by atoms with E-state index >= 15 is 0 Å². The van der Waals surface area contributed by atoms with E-state index in [9.17, 15) is 4.79 Å². The molecule has 1 fully saturated rings. The fraction of sp³-hybridized carbons (Fsp3) is 0.458. The molecule has 1 aliphatic carbocycles. The molecule has 158 valence electrons. The molecule has 0 unspecified atom stereocenters. The minimum atomic E-state index is 0.120. The largest absolute Gasteiger partial charge is 0.355 e. The molecule has 2 aromatic heterocycles. The van der Waals surface area contributed by atoms with E-state index in [0.717, 1.165) is 17.3 Å². The van der Waals surface area contributed by atoms with Crippen molar-refractivity contribution in [3.63, 3.8) is 0 Å². The molecule has 2 N–H and O–H groups in total. The molecule has 0 radical (unpaired) electrons. The highest BCUT2D eigenvalue weighted by atomic mass is 16.1. The Morgan fingerprint density at radius 3 is 2.80 bits per heavy atom. The van der Waals surface area contributed by atoms with Gasteiger partial charge in [-0.05, 0) is 74.0 Å². The van der Waals surface area contributed by atoms with Gasteiger partial charge in [0.1, 0.15) is 0 Å². The number of amides is 1. The van der Waals surface area contributed by atoms with Crippen LogP contribution < -0.4 is 5.32 Å². The second kappa shape index (κ2) is 8.56. The summed E-state index contributed by atoms with van der Waals surface area (Å²) in [5.74, 6) is 0.349. The van der Waals surface area contributed by atoms with E-state index in [0.29, 0.717) is 13.0 Å². The Labute approximate surface area is 178 Å². The van der Waals surface area contributed by atoms with Crippen molar-refractivity contribution in [2.24, 2.45) is 5.41 Å². The average Bonchev–Trinajstić information content (AvgIpc) is 3.31. The molecule has 3 aromatic rings. The molecule has 2 atom stereocenters. The van der Waals surface area contributed by atoms with Crippen molar-refractivity contribution in [3.8, 4) is 0 Å². The maximum Gasteiger partial charge on any atom is 0.220 e. The van der Waals surface area contributed by atoms with Gasteiger partial charge in [-0.3, -0.25) is 14.9 Å². The third-order valence-corrected chi connectivity index (χ3v) is 6.60. The molecular weight excluding hydrogens is 374 g/mol. The Morgan fingerprint density at radius 1 is 1.27 bits per heavy atom. The van der Waals surface area contributed by atoms with Crippen LogP contribution >= 0.6 is 0 Å². The van der Waals surface area contributed by atoms with Gasteiger partial charge in [-0.1, -0.05) is 19.1 Å². The molecule has 6 heteroatoms. The van der Waals surface area contributed by atoms with E-state index in [1.54, 1.807) is 6.20 Å². The van der Waals surface area contributed by atoms with Crippen LogP contribution in [0, 0.1) is 5.41 Å². The zero-order valence-corrected chi connectivity index (χ0v) is 18.1. The quantitative estimate of drug-likeness (QED) is 0.571. The number of hydrogen-bond acceptors (Lipinski definition) is 4. The van der Waals surface area contributed by atoms with Crippen molar-refractivity contribution in [2.45, 2.75) is 44.6 Å². The average molecular weight is 406 g/mol. The number of nitrogens with zero attached hydrogens (tertiary/aromatic N) is 3. The molecule has 0 spiro atoms. The highest BCUT2D eigenvalue weighted by Gasteiger charge is 2.46. The number of fused-ring (bicyclic) bond motifs is 1. The van der Waals surface area contributed by atoms with Crippen molar-refractivity contribution in [1.82, 2.24) is 25.4 Å². The summed E-state index contributed by atoms with van der Waals surface area (Å²) in [5.41, 5.74) is 3.69. The standard InChI is InChI=1S/C24H31N5O/c1-24(8-9-24)21(18-5-4-10-25-14-18)13-23(30)26-16-20(29(2)3)12-17-6-7-22-19(11-17)15-27-28-22/h4-7,10-11,14-15,20-21H,8-9,12-13,16H2,1-3H3,(H,26,30)(H,27,28)/t20-,21-/m0/s1. The highest BCUT2D eigenvalue weighted by Crippen LogP contribution is 2.56. The molecule has 1 saturated carbocycles. The van der Waals surface area contributed by atoms with Crippen molar-refractivity contribution in [2.75, 3.05) is 20.6 Å². The predicted molar refractivity (Wildman–Crippen MR) is 119 cm³/mol. The van der Waals surface area contributed by atoms with Gasteiger partial charge < -0.3 is 10.2 Å². The second-order valence-electron chi connectivity index (χ2n) is 9.11. The van der Waals surface area contributed by atoms with E-state index < -0.39 is 0 Å². The van der Waals surface area contributed by atoms with Crippen LogP contribution in [0.4, 0.5) is 0 Å². The number of likely N-dealkylation sites (N-methyl/N-ethyl adjacent to an activating group) is 1. The van der Waals surface area contributed by atoms with Crippen LogP contribution in [0.2, 0.25) is 0 Å². The van der Waals surface area contributed by atoms with Gasteiger partial charge in [0.25, 0.3) is 0 Å². The number of aromatic amines is 1. The Kier molecular flexibility index (Phi) is 5.86. The number of nitrogens with one attached hydrogen (secondary N) is 2. The fourth-order valence-corrected chi connectivity index (χ4v) is 4.21. The van der Waals surface area contributed by atoms with E-state index in [1.807, 2.05) is 18.5 Å². The number of pyridine rings is 1. The number of H-pyrrole nitrogens is 1. The first-order valence-electron chi connectivity index (χ1n) is 10.7. The number of hydrogen-bond donors (Lipinski definition) is 2. The van der Waals surface area contributed by atoms with Gasteiger partial charge in [0.15, 0.2) is 0 Å². The van der Waals surface area contributed by atoms with Crippen LogP contribution in [0.3, 0.4) is 0 Å². The summed E-state index contributed by atoms with van der Waals surface area (Å²) >= 11 is 0. The lowest BCUT2D eigenvalue weighted by Gasteiger charge is -2.27. The lowest BCUT2D eigenvalue weighted by Crippen LogP contribution is -2.42. The van der Waals surface area contributed by atoms with E-state index in [4.69, 9.17) is 0 Å². The molecule has 2 heterocycles. The molecule has 30 heavy (non-hydrogen) atoms. The summed E-state index contributed by atoms with van der Waals surface area (Å²) in [4.78, 5) is 19.3. The Morgan fingerprint density at radius 2 is 2.10 bits per heavy atom. The number of benzene rings is 1. The topological polar surface area (TPSA) is 73.9 Å². The van der Waals surface area contributed by atoms with Crippen molar-refractivity contribution >= 4 is 16.8 Å². The first kappa shape index (κ1) is 20.5. The molecule has 0 bridgehead atoms. The zero-order chi connectivity index (χ0) is 21.1. The van der Waals surface area contributed by atoms with Crippen LogP contribution in [0.25, 0.3) is 10.9 Å². The van der Waals surface area contributed by atoms with Gasteiger partial charge in [0.2, 0.25) is 5.91 Å². The van der Waals surface area contributed by atoms with Gasteiger partial charge in [-0.15, -0.1) is 0 Å². The van der Waals surface area contributed by atoms with Gasteiger partial charge in [0, 0.05) is 36.8 Å². The van der Waals surface area contributed by atoms with E-state index in [1.165, 1.54) is 24.0 Å². The minimum Gasteiger partial charge on any atom is -0.355 e. The Hall–Kier alpha value is -2.73. The molecule has 0 aliphatic heterocycles.